The number of aryl methyl sites for hydroxylation is 1. The molecule has 2 aromatic heterocycles. The maximum absolute atomic E-state index is 12.4. The first-order valence-electron chi connectivity index (χ1n) is 5.77. The average Bonchev–Trinajstić information content (AvgIpc) is 2.77. The zero-order chi connectivity index (χ0) is 12.5. The van der Waals surface area contributed by atoms with E-state index in [9.17, 15) is 4.79 Å². The van der Waals surface area contributed by atoms with Gasteiger partial charge in [-0.25, -0.2) is 0 Å². The summed E-state index contributed by atoms with van der Waals surface area (Å²) in [7, 11) is 1.94. The molecular weight excluding hydrogens is 224 g/mol. The van der Waals surface area contributed by atoms with Crippen LogP contribution in [-0.4, -0.2) is 15.3 Å². The highest BCUT2D eigenvalue weighted by Crippen LogP contribution is 2.22. The minimum Gasteiger partial charge on any atom is -0.350 e. The molecule has 0 atom stereocenters. The van der Waals surface area contributed by atoms with Gasteiger partial charge in [0.05, 0.1) is 0 Å². The van der Waals surface area contributed by atoms with Gasteiger partial charge < -0.3 is 4.57 Å². The summed E-state index contributed by atoms with van der Waals surface area (Å²) in [6.07, 6.45) is 3.50. The van der Waals surface area contributed by atoms with Gasteiger partial charge >= 0.3 is 0 Å². The normalized spacial score (nSPS) is 10.7. The van der Waals surface area contributed by atoms with Crippen LogP contribution in [0.2, 0.25) is 0 Å². The highest BCUT2D eigenvalue weighted by atomic mass is 16.1. The standard InChI is InChI=1S/C15H12N2O/c1-17-10-12(11-6-2-3-8-14(11)17)15(18)13-7-4-5-9-16-13/h2-10H,1H3. The minimum atomic E-state index is -0.0348. The number of carbonyl (C=O) groups excluding carboxylic acids is 1. The molecule has 0 fully saturated rings. The summed E-state index contributed by atoms with van der Waals surface area (Å²) in [5, 5.41) is 0.968. The van der Waals surface area contributed by atoms with Crippen LogP contribution in [0.25, 0.3) is 10.9 Å². The largest absolute Gasteiger partial charge is 0.350 e. The average molecular weight is 236 g/mol. The molecule has 3 heteroatoms. The zero-order valence-electron chi connectivity index (χ0n) is 10.00. The van der Waals surface area contributed by atoms with Crippen molar-refractivity contribution in [1.29, 1.82) is 0 Å². The molecule has 2 heterocycles. The molecule has 3 nitrogen and oxygen atoms in total. The fraction of sp³-hybridized carbons (Fsp3) is 0.0667. The van der Waals surface area contributed by atoms with Crippen LogP contribution in [0.15, 0.2) is 54.9 Å². The Kier molecular flexibility index (Phi) is 2.45. The van der Waals surface area contributed by atoms with Gasteiger partial charge in [0.15, 0.2) is 0 Å². The maximum atomic E-state index is 12.4. The van der Waals surface area contributed by atoms with E-state index < -0.39 is 0 Å². The molecular formula is C15H12N2O. The minimum absolute atomic E-state index is 0.0348. The Morgan fingerprint density at radius 1 is 1.11 bits per heavy atom. The number of para-hydroxylation sites is 1. The highest BCUT2D eigenvalue weighted by Gasteiger charge is 2.15. The summed E-state index contributed by atoms with van der Waals surface area (Å²) in [6.45, 7) is 0. The molecule has 0 unspecified atom stereocenters. The van der Waals surface area contributed by atoms with Crippen molar-refractivity contribution in [2.24, 2.45) is 7.05 Å². The van der Waals surface area contributed by atoms with Gasteiger partial charge in [-0.05, 0) is 18.2 Å². The molecule has 0 aliphatic rings. The number of carbonyl (C=O) groups is 1. The molecule has 0 bridgehead atoms. The topological polar surface area (TPSA) is 34.9 Å². The van der Waals surface area contributed by atoms with Crippen LogP contribution >= 0.6 is 0 Å². The van der Waals surface area contributed by atoms with Crippen LogP contribution in [0, 0.1) is 0 Å². The predicted octanol–water partition coefficient (Wildman–Crippen LogP) is 2.80. The lowest BCUT2D eigenvalue weighted by Gasteiger charge is -1.97. The third-order valence-corrected chi connectivity index (χ3v) is 3.04. The van der Waals surface area contributed by atoms with E-state index in [1.54, 1.807) is 18.3 Å². The maximum Gasteiger partial charge on any atom is 0.213 e. The van der Waals surface area contributed by atoms with E-state index in [1.807, 2.05) is 48.1 Å². The van der Waals surface area contributed by atoms with E-state index >= 15 is 0 Å². The van der Waals surface area contributed by atoms with Crippen molar-refractivity contribution in [2.45, 2.75) is 0 Å². The molecule has 88 valence electrons. The first-order valence-corrected chi connectivity index (χ1v) is 5.77. The Bertz CT molecular complexity index is 714. The van der Waals surface area contributed by atoms with E-state index in [1.165, 1.54) is 0 Å². The van der Waals surface area contributed by atoms with E-state index in [2.05, 4.69) is 4.98 Å². The molecule has 0 saturated carbocycles. The third kappa shape index (κ3) is 1.61. The Balaban J connectivity index is 2.19. The fourth-order valence-corrected chi connectivity index (χ4v) is 2.16. The second kappa shape index (κ2) is 4.11. The van der Waals surface area contributed by atoms with Crippen molar-refractivity contribution in [3.8, 4) is 0 Å². The second-order valence-corrected chi connectivity index (χ2v) is 4.21. The molecule has 0 aliphatic carbocycles. The molecule has 0 aliphatic heterocycles. The number of hydrogen-bond donors (Lipinski definition) is 0. The van der Waals surface area contributed by atoms with Crippen LogP contribution in [0.3, 0.4) is 0 Å². The van der Waals surface area contributed by atoms with Crippen molar-refractivity contribution in [2.75, 3.05) is 0 Å². The summed E-state index contributed by atoms with van der Waals surface area (Å²) in [5.74, 6) is -0.0348. The first kappa shape index (κ1) is 10.7. The van der Waals surface area contributed by atoms with Gasteiger partial charge in [0.25, 0.3) is 0 Å². The van der Waals surface area contributed by atoms with Gasteiger partial charge in [0.2, 0.25) is 5.78 Å². The highest BCUT2D eigenvalue weighted by molar-refractivity contribution is 6.15. The lowest BCUT2D eigenvalue weighted by atomic mass is 10.1. The molecule has 0 saturated heterocycles. The van der Waals surface area contributed by atoms with Crippen LogP contribution in [0.1, 0.15) is 16.1 Å². The van der Waals surface area contributed by atoms with Crippen molar-refractivity contribution < 1.29 is 4.79 Å². The van der Waals surface area contributed by atoms with Crippen LogP contribution < -0.4 is 0 Å². The van der Waals surface area contributed by atoms with Crippen molar-refractivity contribution in [1.82, 2.24) is 9.55 Å². The number of rotatable bonds is 2. The monoisotopic (exact) mass is 236 g/mol. The van der Waals surface area contributed by atoms with Gasteiger partial charge in [-0.1, -0.05) is 24.3 Å². The number of aromatic nitrogens is 2. The van der Waals surface area contributed by atoms with Crippen molar-refractivity contribution >= 4 is 16.7 Å². The van der Waals surface area contributed by atoms with Gasteiger partial charge in [0, 0.05) is 35.9 Å². The molecule has 0 radical (unpaired) electrons. The Hall–Kier alpha value is -2.42. The smallest absolute Gasteiger partial charge is 0.213 e. The zero-order valence-corrected chi connectivity index (χ0v) is 10.00. The van der Waals surface area contributed by atoms with E-state index in [0.717, 1.165) is 10.9 Å². The summed E-state index contributed by atoms with van der Waals surface area (Å²) in [6, 6.07) is 13.3. The SMILES string of the molecule is Cn1cc(C(=O)c2ccccn2)c2ccccc21. The molecule has 1 aromatic carbocycles. The van der Waals surface area contributed by atoms with Gasteiger partial charge in [0.1, 0.15) is 5.69 Å². The molecule has 0 spiro atoms. The number of hydrogen-bond acceptors (Lipinski definition) is 2. The summed E-state index contributed by atoms with van der Waals surface area (Å²) in [5.41, 5.74) is 2.23. The number of pyridine rings is 1. The molecule has 0 N–H and O–H groups in total. The number of nitrogens with zero attached hydrogens (tertiary/aromatic N) is 2. The summed E-state index contributed by atoms with van der Waals surface area (Å²) in [4.78, 5) is 16.5. The second-order valence-electron chi connectivity index (χ2n) is 4.21. The first-order chi connectivity index (χ1) is 8.77. The molecule has 3 rings (SSSR count). The van der Waals surface area contributed by atoms with Crippen LogP contribution in [-0.2, 0) is 7.05 Å². The third-order valence-electron chi connectivity index (χ3n) is 3.04. The van der Waals surface area contributed by atoms with E-state index in [4.69, 9.17) is 0 Å². The molecule has 18 heavy (non-hydrogen) atoms. The molecule has 0 amide bonds. The Morgan fingerprint density at radius 3 is 2.67 bits per heavy atom. The van der Waals surface area contributed by atoms with Crippen molar-refractivity contribution in [3.05, 3.63) is 66.1 Å². The van der Waals surface area contributed by atoms with Gasteiger partial charge in [-0.2, -0.15) is 0 Å². The fourth-order valence-electron chi connectivity index (χ4n) is 2.16. The van der Waals surface area contributed by atoms with Crippen LogP contribution in [0.4, 0.5) is 0 Å². The van der Waals surface area contributed by atoms with E-state index in [-0.39, 0.29) is 5.78 Å². The predicted molar refractivity (Wildman–Crippen MR) is 70.6 cm³/mol. The number of benzene rings is 1. The quantitative estimate of drug-likeness (QED) is 0.641. The summed E-state index contributed by atoms with van der Waals surface area (Å²) >= 11 is 0. The lowest BCUT2D eigenvalue weighted by molar-refractivity contribution is 0.103. The van der Waals surface area contributed by atoms with Gasteiger partial charge in [-0.3, -0.25) is 9.78 Å². The molecule has 3 aromatic rings. The Labute approximate surface area is 105 Å². The summed E-state index contributed by atoms with van der Waals surface area (Å²) < 4.78 is 1.96. The number of fused-ring (bicyclic) bond motifs is 1. The lowest BCUT2D eigenvalue weighted by Crippen LogP contribution is -2.02. The van der Waals surface area contributed by atoms with E-state index in [0.29, 0.717) is 11.3 Å². The van der Waals surface area contributed by atoms with Gasteiger partial charge in [-0.15, -0.1) is 0 Å². The number of ketones is 1. The van der Waals surface area contributed by atoms with Crippen molar-refractivity contribution in [3.63, 3.8) is 0 Å². The Morgan fingerprint density at radius 2 is 1.89 bits per heavy atom. The van der Waals surface area contributed by atoms with Crippen LogP contribution in [0.5, 0.6) is 0 Å².